The molecule has 1 heterocycles. The molecule has 0 aliphatic carbocycles. The quantitative estimate of drug-likeness (QED) is 0.921. The maximum absolute atomic E-state index is 13.1. The summed E-state index contributed by atoms with van der Waals surface area (Å²) in [5, 5.41) is 0. The number of hydrogen-bond donors (Lipinski definition) is 1. The fourth-order valence-electron chi connectivity index (χ4n) is 3.09. The van der Waals surface area contributed by atoms with Gasteiger partial charge in [-0.2, -0.15) is 0 Å². The van der Waals surface area contributed by atoms with Crippen LogP contribution >= 0.6 is 0 Å². The van der Waals surface area contributed by atoms with Crippen LogP contribution in [0.4, 0.5) is 10.1 Å². The van der Waals surface area contributed by atoms with E-state index < -0.39 is 0 Å². The molecule has 4 heteroatoms. The van der Waals surface area contributed by atoms with E-state index in [0.29, 0.717) is 13.2 Å². The van der Waals surface area contributed by atoms with Crippen molar-refractivity contribution in [2.24, 2.45) is 5.73 Å². The van der Waals surface area contributed by atoms with Crippen LogP contribution in [0.2, 0.25) is 0 Å². The van der Waals surface area contributed by atoms with Crippen molar-refractivity contribution in [1.29, 1.82) is 0 Å². The van der Waals surface area contributed by atoms with Gasteiger partial charge in [-0.3, -0.25) is 0 Å². The summed E-state index contributed by atoms with van der Waals surface area (Å²) in [5.41, 5.74) is 6.85. The van der Waals surface area contributed by atoms with Gasteiger partial charge in [0.1, 0.15) is 5.82 Å². The van der Waals surface area contributed by atoms with Gasteiger partial charge in [0.2, 0.25) is 0 Å². The molecule has 1 aliphatic heterocycles. The van der Waals surface area contributed by atoms with Crippen LogP contribution < -0.4 is 10.6 Å². The first kappa shape index (κ1) is 15.3. The van der Waals surface area contributed by atoms with Gasteiger partial charge < -0.3 is 15.4 Å². The molecule has 0 spiro atoms. The summed E-state index contributed by atoms with van der Waals surface area (Å²) in [7, 11) is 2.04. The van der Waals surface area contributed by atoms with Crippen LogP contribution in [0.3, 0.4) is 0 Å². The van der Waals surface area contributed by atoms with E-state index >= 15 is 0 Å². The Hall–Kier alpha value is -1.13. The van der Waals surface area contributed by atoms with Crippen molar-refractivity contribution < 1.29 is 9.13 Å². The molecular weight excluding hydrogens is 255 g/mol. The fourth-order valence-corrected chi connectivity index (χ4v) is 3.09. The third kappa shape index (κ3) is 2.81. The van der Waals surface area contributed by atoms with E-state index in [2.05, 4.69) is 18.7 Å². The Morgan fingerprint density at radius 3 is 2.55 bits per heavy atom. The molecule has 20 heavy (non-hydrogen) atoms. The Labute approximate surface area is 120 Å². The van der Waals surface area contributed by atoms with E-state index in [1.54, 1.807) is 0 Å². The van der Waals surface area contributed by atoms with Crippen molar-refractivity contribution >= 4 is 5.69 Å². The standard InChI is InChI=1S/C16H25FN2O/c1-4-15(2)11-16(12-18,9-10-20-15)19(3)14-7-5-13(17)6-8-14/h5-8H,4,9-12,18H2,1-3H3. The Bertz CT molecular complexity index is 450. The second-order valence-electron chi connectivity index (χ2n) is 6.04. The second-order valence-corrected chi connectivity index (χ2v) is 6.04. The Balaban J connectivity index is 2.28. The maximum Gasteiger partial charge on any atom is 0.123 e. The van der Waals surface area contributed by atoms with Gasteiger partial charge in [-0.1, -0.05) is 6.92 Å². The molecule has 2 atom stereocenters. The number of nitrogens with two attached hydrogens (primary N) is 1. The van der Waals surface area contributed by atoms with E-state index in [0.717, 1.165) is 24.9 Å². The summed E-state index contributed by atoms with van der Waals surface area (Å²) < 4.78 is 19.0. The van der Waals surface area contributed by atoms with Crippen molar-refractivity contribution in [1.82, 2.24) is 0 Å². The first-order valence-corrected chi connectivity index (χ1v) is 7.28. The van der Waals surface area contributed by atoms with E-state index in [1.807, 2.05) is 19.2 Å². The first-order chi connectivity index (χ1) is 9.45. The van der Waals surface area contributed by atoms with Gasteiger partial charge in [-0.15, -0.1) is 0 Å². The Kier molecular flexibility index (Phi) is 4.35. The lowest BCUT2D eigenvalue weighted by Gasteiger charge is -2.51. The average molecular weight is 280 g/mol. The topological polar surface area (TPSA) is 38.5 Å². The minimum absolute atomic E-state index is 0.124. The largest absolute Gasteiger partial charge is 0.375 e. The molecular formula is C16H25FN2O. The van der Waals surface area contributed by atoms with Gasteiger partial charge in [-0.05, 0) is 44.0 Å². The second kappa shape index (κ2) is 5.70. The number of ether oxygens (including phenoxy) is 1. The molecule has 2 N–H and O–H groups in total. The molecule has 0 aromatic heterocycles. The summed E-state index contributed by atoms with van der Waals surface area (Å²) >= 11 is 0. The Morgan fingerprint density at radius 2 is 2.00 bits per heavy atom. The van der Waals surface area contributed by atoms with Crippen LogP contribution in [-0.2, 0) is 4.74 Å². The predicted octanol–water partition coefficient (Wildman–Crippen LogP) is 2.94. The van der Waals surface area contributed by atoms with E-state index in [1.165, 1.54) is 12.1 Å². The monoisotopic (exact) mass is 280 g/mol. The molecule has 0 radical (unpaired) electrons. The van der Waals surface area contributed by atoms with Crippen molar-refractivity contribution in [3.63, 3.8) is 0 Å². The molecule has 2 unspecified atom stereocenters. The average Bonchev–Trinajstić information content (AvgIpc) is 2.47. The van der Waals surface area contributed by atoms with Crippen molar-refractivity contribution in [2.75, 3.05) is 25.1 Å². The summed E-state index contributed by atoms with van der Waals surface area (Å²) in [6.07, 6.45) is 2.75. The number of likely N-dealkylation sites (N-methyl/N-ethyl adjacent to an activating group) is 1. The molecule has 112 valence electrons. The van der Waals surface area contributed by atoms with Crippen LogP contribution in [0.1, 0.15) is 33.1 Å². The lowest BCUT2D eigenvalue weighted by Crippen LogP contribution is -2.60. The minimum atomic E-state index is -0.214. The summed E-state index contributed by atoms with van der Waals surface area (Å²) in [6.45, 7) is 5.58. The maximum atomic E-state index is 13.1. The number of anilines is 1. The number of rotatable bonds is 4. The molecule has 1 aromatic rings. The molecule has 1 saturated heterocycles. The highest BCUT2D eigenvalue weighted by atomic mass is 19.1. The molecule has 0 amide bonds. The van der Waals surface area contributed by atoms with Crippen molar-refractivity contribution in [3.8, 4) is 0 Å². The molecule has 0 saturated carbocycles. The van der Waals surface area contributed by atoms with Crippen LogP contribution in [0.15, 0.2) is 24.3 Å². The number of hydrogen-bond acceptors (Lipinski definition) is 3. The van der Waals surface area contributed by atoms with Crippen LogP contribution in [-0.4, -0.2) is 31.3 Å². The van der Waals surface area contributed by atoms with Crippen LogP contribution in [0.5, 0.6) is 0 Å². The lowest BCUT2D eigenvalue weighted by atomic mass is 9.78. The Morgan fingerprint density at radius 1 is 1.35 bits per heavy atom. The number of nitrogens with zero attached hydrogens (tertiary/aromatic N) is 1. The van der Waals surface area contributed by atoms with Crippen LogP contribution in [0, 0.1) is 5.82 Å². The van der Waals surface area contributed by atoms with E-state index in [4.69, 9.17) is 10.5 Å². The van der Waals surface area contributed by atoms with Gasteiger partial charge >= 0.3 is 0 Å². The SMILES string of the molecule is CCC1(C)CC(CN)(N(C)c2ccc(F)cc2)CCO1. The molecule has 1 aromatic carbocycles. The lowest BCUT2D eigenvalue weighted by molar-refractivity contribution is -0.0928. The zero-order valence-corrected chi connectivity index (χ0v) is 12.7. The van der Waals surface area contributed by atoms with Gasteiger partial charge in [0.05, 0.1) is 11.1 Å². The minimum Gasteiger partial charge on any atom is -0.375 e. The fraction of sp³-hybridized carbons (Fsp3) is 0.625. The van der Waals surface area contributed by atoms with Gasteiger partial charge in [-0.25, -0.2) is 4.39 Å². The zero-order chi connectivity index (χ0) is 14.8. The third-order valence-corrected chi connectivity index (χ3v) is 4.77. The van der Waals surface area contributed by atoms with E-state index in [-0.39, 0.29) is 17.0 Å². The normalized spacial score (nSPS) is 30.2. The van der Waals surface area contributed by atoms with E-state index in [9.17, 15) is 4.39 Å². The predicted molar refractivity (Wildman–Crippen MR) is 80.5 cm³/mol. The zero-order valence-electron chi connectivity index (χ0n) is 12.7. The van der Waals surface area contributed by atoms with Crippen molar-refractivity contribution in [2.45, 2.75) is 44.2 Å². The summed E-state index contributed by atoms with van der Waals surface area (Å²) in [6, 6.07) is 6.61. The van der Waals surface area contributed by atoms with Gasteiger partial charge in [0, 0.05) is 32.3 Å². The summed E-state index contributed by atoms with van der Waals surface area (Å²) in [5.74, 6) is -0.214. The van der Waals surface area contributed by atoms with Gasteiger partial charge in [0.15, 0.2) is 0 Å². The smallest absolute Gasteiger partial charge is 0.123 e. The molecule has 1 fully saturated rings. The third-order valence-electron chi connectivity index (χ3n) is 4.77. The number of benzene rings is 1. The molecule has 2 rings (SSSR count). The highest BCUT2D eigenvalue weighted by Crippen LogP contribution is 2.39. The molecule has 3 nitrogen and oxygen atoms in total. The highest BCUT2D eigenvalue weighted by Gasteiger charge is 2.44. The molecule has 1 aliphatic rings. The summed E-state index contributed by atoms with van der Waals surface area (Å²) in [4.78, 5) is 2.20. The highest BCUT2D eigenvalue weighted by molar-refractivity contribution is 5.49. The van der Waals surface area contributed by atoms with Crippen molar-refractivity contribution in [3.05, 3.63) is 30.1 Å². The van der Waals surface area contributed by atoms with Gasteiger partial charge in [0.25, 0.3) is 0 Å². The number of halogens is 1. The first-order valence-electron chi connectivity index (χ1n) is 7.28. The molecule has 0 bridgehead atoms. The van der Waals surface area contributed by atoms with Crippen LogP contribution in [0.25, 0.3) is 0 Å².